The van der Waals surface area contributed by atoms with E-state index in [1.54, 1.807) is 0 Å². The molecule has 0 amide bonds. The molecule has 0 atom stereocenters. The molecule has 1 N–H and O–H groups in total. The molecule has 5 heteroatoms. The lowest BCUT2D eigenvalue weighted by molar-refractivity contribution is 0.955. The smallest absolute Gasteiger partial charge is 0.264 e. The zero-order valence-corrected chi connectivity index (χ0v) is 13.7. The minimum Gasteiger partial charge on any atom is -0.374 e. The number of anilines is 1. The van der Waals surface area contributed by atoms with Crippen molar-refractivity contribution in [2.75, 3.05) is 18.5 Å². The van der Waals surface area contributed by atoms with E-state index in [0.29, 0.717) is 9.39 Å². The van der Waals surface area contributed by atoms with Crippen molar-refractivity contribution in [3.63, 3.8) is 0 Å². The van der Waals surface area contributed by atoms with Gasteiger partial charge in [0, 0.05) is 24.8 Å². The number of rotatable bonds is 2. The molecule has 1 aromatic heterocycles. The summed E-state index contributed by atoms with van der Waals surface area (Å²) < 4.78 is 0.690. The van der Waals surface area contributed by atoms with Gasteiger partial charge in [-0.3, -0.25) is 4.79 Å². The molecule has 0 bridgehead atoms. The summed E-state index contributed by atoms with van der Waals surface area (Å²) in [5.74, 6) is 0.671. The Hall–Kier alpha value is -1.37. The van der Waals surface area contributed by atoms with Crippen LogP contribution in [0.3, 0.4) is 0 Å². The summed E-state index contributed by atoms with van der Waals surface area (Å²) in [6.45, 7) is 3.07. The van der Waals surface area contributed by atoms with Gasteiger partial charge in [0.15, 0.2) is 0 Å². The Bertz CT molecular complexity index is 724. The summed E-state index contributed by atoms with van der Waals surface area (Å²) in [4.78, 5) is 21.7. The van der Waals surface area contributed by atoms with Gasteiger partial charge in [0.2, 0.25) is 0 Å². The maximum Gasteiger partial charge on any atom is 0.264 e. The topological polar surface area (TPSA) is 49.0 Å². The first-order chi connectivity index (χ1) is 9.60. The van der Waals surface area contributed by atoms with E-state index < -0.39 is 0 Å². The second kappa shape index (κ2) is 5.20. The molecule has 1 aliphatic rings. The number of benzene rings is 1. The van der Waals surface area contributed by atoms with Gasteiger partial charge in [0.25, 0.3) is 5.56 Å². The minimum atomic E-state index is -0.0509. The zero-order chi connectivity index (χ0) is 14.3. The lowest BCUT2D eigenvalue weighted by atomic mass is 10.1. The lowest BCUT2D eigenvalue weighted by Crippen LogP contribution is -2.16. The van der Waals surface area contributed by atoms with Gasteiger partial charge in [-0.25, -0.2) is 4.98 Å². The molecule has 0 aliphatic carbocycles. The molecule has 0 spiro atoms. The standard InChI is InChI=1S/C15H16IN3O/c1-3-11-13(16)15(20)18-14(17-11)10-4-5-12-9(8-10)6-7-19(12)2/h4-5,8H,3,6-7H2,1-2H3,(H,17,18,20). The average Bonchev–Trinajstić information content (AvgIpc) is 2.83. The number of likely N-dealkylation sites (N-methyl/N-ethyl adjacent to an activating group) is 1. The van der Waals surface area contributed by atoms with Crippen molar-refractivity contribution < 1.29 is 0 Å². The normalized spacial score (nSPS) is 13.7. The van der Waals surface area contributed by atoms with E-state index in [1.165, 1.54) is 11.3 Å². The fourth-order valence-corrected chi connectivity index (χ4v) is 3.23. The number of hydrogen-bond donors (Lipinski definition) is 1. The maximum absolute atomic E-state index is 12.0. The average molecular weight is 381 g/mol. The molecule has 20 heavy (non-hydrogen) atoms. The third kappa shape index (κ3) is 2.24. The summed E-state index contributed by atoms with van der Waals surface area (Å²) >= 11 is 2.06. The van der Waals surface area contributed by atoms with Crippen molar-refractivity contribution in [3.05, 3.63) is 43.4 Å². The molecule has 1 aliphatic heterocycles. The zero-order valence-electron chi connectivity index (χ0n) is 11.5. The van der Waals surface area contributed by atoms with Crippen LogP contribution in [-0.4, -0.2) is 23.6 Å². The lowest BCUT2D eigenvalue weighted by Gasteiger charge is -2.12. The molecule has 104 valence electrons. The second-order valence-corrected chi connectivity index (χ2v) is 6.12. The number of aryl methyl sites for hydroxylation is 1. The van der Waals surface area contributed by atoms with Crippen molar-refractivity contribution in [3.8, 4) is 11.4 Å². The Morgan fingerprint density at radius 2 is 2.25 bits per heavy atom. The number of aromatic nitrogens is 2. The highest BCUT2D eigenvalue weighted by Crippen LogP contribution is 2.30. The Balaban J connectivity index is 2.10. The van der Waals surface area contributed by atoms with Crippen molar-refractivity contribution in [2.24, 2.45) is 0 Å². The van der Waals surface area contributed by atoms with Gasteiger partial charge < -0.3 is 9.88 Å². The first-order valence-electron chi connectivity index (χ1n) is 6.73. The van der Waals surface area contributed by atoms with Crippen LogP contribution in [0.25, 0.3) is 11.4 Å². The highest BCUT2D eigenvalue weighted by Gasteiger charge is 2.17. The molecule has 1 aromatic carbocycles. The molecule has 4 nitrogen and oxygen atoms in total. The molecule has 0 saturated carbocycles. The number of hydrogen-bond acceptors (Lipinski definition) is 3. The maximum atomic E-state index is 12.0. The van der Waals surface area contributed by atoms with Crippen LogP contribution in [0.1, 0.15) is 18.2 Å². The van der Waals surface area contributed by atoms with E-state index in [-0.39, 0.29) is 5.56 Å². The highest BCUT2D eigenvalue weighted by atomic mass is 127. The molecule has 0 fully saturated rings. The first kappa shape index (κ1) is 13.6. The van der Waals surface area contributed by atoms with Crippen molar-refractivity contribution >= 4 is 28.3 Å². The number of aromatic amines is 1. The minimum absolute atomic E-state index is 0.0509. The predicted molar refractivity (Wildman–Crippen MR) is 89.4 cm³/mol. The second-order valence-electron chi connectivity index (χ2n) is 5.04. The van der Waals surface area contributed by atoms with E-state index in [9.17, 15) is 4.79 Å². The van der Waals surface area contributed by atoms with Gasteiger partial charge in [0.1, 0.15) is 5.82 Å². The summed E-state index contributed by atoms with van der Waals surface area (Å²) in [6, 6.07) is 6.29. The summed E-state index contributed by atoms with van der Waals surface area (Å²) in [7, 11) is 2.10. The Morgan fingerprint density at radius 3 is 3.00 bits per heavy atom. The van der Waals surface area contributed by atoms with Gasteiger partial charge in [-0.2, -0.15) is 0 Å². The van der Waals surface area contributed by atoms with Crippen LogP contribution in [0, 0.1) is 3.57 Å². The highest BCUT2D eigenvalue weighted by molar-refractivity contribution is 14.1. The molecule has 2 aromatic rings. The number of halogens is 1. The van der Waals surface area contributed by atoms with Crippen LogP contribution in [0.5, 0.6) is 0 Å². The third-order valence-electron chi connectivity index (χ3n) is 3.75. The van der Waals surface area contributed by atoms with Gasteiger partial charge in [-0.05, 0) is 59.2 Å². The van der Waals surface area contributed by atoms with Crippen LogP contribution < -0.4 is 10.5 Å². The fraction of sp³-hybridized carbons (Fsp3) is 0.333. The summed E-state index contributed by atoms with van der Waals surface area (Å²) in [6.07, 6.45) is 1.82. The number of H-pyrrole nitrogens is 1. The third-order valence-corrected chi connectivity index (χ3v) is 4.86. The van der Waals surface area contributed by atoms with Crippen molar-refractivity contribution in [1.29, 1.82) is 0 Å². The van der Waals surface area contributed by atoms with E-state index >= 15 is 0 Å². The van der Waals surface area contributed by atoms with E-state index in [4.69, 9.17) is 0 Å². The number of nitrogens with zero attached hydrogens (tertiary/aromatic N) is 2. The van der Waals surface area contributed by atoms with Crippen LogP contribution >= 0.6 is 22.6 Å². The number of nitrogens with one attached hydrogen (secondary N) is 1. The van der Waals surface area contributed by atoms with Crippen LogP contribution in [0.15, 0.2) is 23.0 Å². The molecule has 0 saturated heterocycles. The van der Waals surface area contributed by atoms with Gasteiger partial charge in [-0.15, -0.1) is 0 Å². The SMILES string of the molecule is CCc1nc(-c2ccc3c(c2)CCN3C)[nH]c(=O)c1I. The Morgan fingerprint density at radius 1 is 1.45 bits per heavy atom. The quantitative estimate of drug-likeness (QED) is 0.814. The van der Waals surface area contributed by atoms with Crippen LogP contribution in [0.4, 0.5) is 5.69 Å². The number of fused-ring (bicyclic) bond motifs is 1. The van der Waals surface area contributed by atoms with Gasteiger partial charge >= 0.3 is 0 Å². The summed E-state index contributed by atoms with van der Waals surface area (Å²) in [5, 5.41) is 0. The Labute approximate surface area is 131 Å². The molecular weight excluding hydrogens is 365 g/mol. The fourth-order valence-electron chi connectivity index (χ4n) is 2.59. The first-order valence-corrected chi connectivity index (χ1v) is 7.81. The van der Waals surface area contributed by atoms with Gasteiger partial charge in [-0.1, -0.05) is 6.92 Å². The van der Waals surface area contributed by atoms with E-state index in [0.717, 1.165) is 30.6 Å². The molecule has 2 heterocycles. The van der Waals surface area contributed by atoms with Crippen molar-refractivity contribution in [2.45, 2.75) is 19.8 Å². The van der Waals surface area contributed by atoms with Crippen LogP contribution in [-0.2, 0) is 12.8 Å². The Kier molecular flexibility index (Phi) is 3.54. The van der Waals surface area contributed by atoms with E-state index in [2.05, 4.69) is 56.6 Å². The van der Waals surface area contributed by atoms with Crippen molar-refractivity contribution in [1.82, 2.24) is 9.97 Å². The molecular formula is C15H16IN3O. The molecule has 3 rings (SSSR count). The molecule has 0 radical (unpaired) electrons. The summed E-state index contributed by atoms with van der Waals surface area (Å²) in [5.41, 5.74) is 4.40. The van der Waals surface area contributed by atoms with Crippen LogP contribution in [0.2, 0.25) is 0 Å². The largest absolute Gasteiger partial charge is 0.374 e. The predicted octanol–water partition coefficient (Wildman–Crippen LogP) is 2.60. The van der Waals surface area contributed by atoms with Gasteiger partial charge in [0.05, 0.1) is 9.26 Å². The molecule has 0 unspecified atom stereocenters. The van der Waals surface area contributed by atoms with E-state index in [1.807, 2.05) is 13.0 Å². The monoisotopic (exact) mass is 381 g/mol.